The van der Waals surface area contributed by atoms with Crippen LogP contribution >= 0.6 is 11.6 Å². The Kier molecular flexibility index (Phi) is 4.57. The van der Waals surface area contributed by atoms with Gasteiger partial charge in [-0.1, -0.05) is 18.5 Å². The third-order valence-corrected chi connectivity index (χ3v) is 2.87. The number of hydrogen-bond acceptors (Lipinski definition) is 4. The predicted octanol–water partition coefficient (Wildman–Crippen LogP) is 2.67. The Bertz CT molecular complexity index is 612. The van der Waals surface area contributed by atoms with Crippen molar-refractivity contribution in [2.24, 2.45) is 0 Å². The number of amides is 1. The fraction of sp³-hybridized carbons (Fsp3) is 0.308. The summed E-state index contributed by atoms with van der Waals surface area (Å²) in [6.07, 6.45) is 1.68. The van der Waals surface area contributed by atoms with Gasteiger partial charge < -0.3 is 10.1 Å². The molecule has 0 saturated heterocycles. The number of ether oxygens (including phenoxy) is 1. The van der Waals surface area contributed by atoms with Gasteiger partial charge in [-0.05, 0) is 24.6 Å². The fourth-order valence-electron chi connectivity index (χ4n) is 1.70. The van der Waals surface area contributed by atoms with Crippen LogP contribution in [0, 0.1) is 0 Å². The van der Waals surface area contributed by atoms with E-state index in [1.54, 1.807) is 18.2 Å². The molecule has 1 aromatic carbocycles. The van der Waals surface area contributed by atoms with E-state index in [9.17, 15) is 4.79 Å². The molecule has 106 valence electrons. The molecule has 0 unspecified atom stereocenters. The van der Waals surface area contributed by atoms with Crippen molar-refractivity contribution >= 4 is 23.2 Å². The molecule has 0 bridgehead atoms. The van der Waals surface area contributed by atoms with Gasteiger partial charge in [0.25, 0.3) is 5.91 Å². The summed E-state index contributed by atoms with van der Waals surface area (Å²) in [5.74, 6) is 0.891. The summed E-state index contributed by atoms with van der Waals surface area (Å²) in [4.78, 5) is 16.2. The summed E-state index contributed by atoms with van der Waals surface area (Å²) in [5, 5.41) is 9.80. The average molecular weight is 295 g/mol. The monoisotopic (exact) mass is 294 g/mol. The van der Waals surface area contributed by atoms with Crippen molar-refractivity contribution in [1.29, 1.82) is 0 Å². The number of carbonyl (C=O) groups is 1. The van der Waals surface area contributed by atoms with Crippen LogP contribution in [0.3, 0.4) is 0 Å². The van der Waals surface area contributed by atoms with E-state index in [1.807, 2.05) is 6.92 Å². The first-order chi connectivity index (χ1) is 9.63. The van der Waals surface area contributed by atoms with E-state index in [4.69, 9.17) is 16.3 Å². The Balaban J connectivity index is 2.16. The quantitative estimate of drug-likeness (QED) is 0.888. The first-order valence-electron chi connectivity index (χ1n) is 6.20. The van der Waals surface area contributed by atoms with Crippen LogP contribution in [0.2, 0.25) is 5.02 Å². The summed E-state index contributed by atoms with van der Waals surface area (Å²) in [6.45, 7) is 2.03. The Morgan fingerprint density at radius 1 is 1.50 bits per heavy atom. The molecule has 0 atom stereocenters. The van der Waals surface area contributed by atoms with E-state index >= 15 is 0 Å². The van der Waals surface area contributed by atoms with Crippen LogP contribution in [0.1, 0.15) is 29.8 Å². The van der Waals surface area contributed by atoms with Gasteiger partial charge in [0.15, 0.2) is 0 Å². The number of aryl methyl sites for hydroxylation is 1. The van der Waals surface area contributed by atoms with Gasteiger partial charge in [0.05, 0.1) is 12.8 Å². The van der Waals surface area contributed by atoms with Gasteiger partial charge in [0, 0.05) is 11.4 Å². The topological polar surface area (TPSA) is 79.9 Å². The molecule has 2 rings (SSSR count). The molecule has 7 heteroatoms. The number of hydrogen-bond donors (Lipinski definition) is 2. The molecule has 0 aliphatic rings. The molecule has 0 radical (unpaired) electrons. The molecule has 2 aromatic rings. The average Bonchev–Trinajstić information content (AvgIpc) is 2.88. The molecule has 0 aliphatic heterocycles. The number of H-pyrrole nitrogens is 1. The van der Waals surface area contributed by atoms with E-state index in [0.29, 0.717) is 22.3 Å². The molecule has 6 nitrogen and oxygen atoms in total. The molecule has 20 heavy (non-hydrogen) atoms. The maximum absolute atomic E-state index is 12.1. The first-order valence-corrected chi connectivity index (χ1v) is 6.58. The van der Waals surface area contributed by atoms with Crippen molar-refractivity contribution in [3.63, 3.8) is 0 Å². The van der Waals surface area contributed by atoms with E-state index in [0.717, 1.165) is 12.8 Å². The number of carbonyl (C=O) groups excluding carboxylic acids is 1. The number of rotatable bonds is 5. The first kappa shape index (κ1) is 14.3. The second-order valence-electron chi connectivity index (χ2n) is 4.15. The van der Waals surface area contributed by atoms with Crippen LogP contribution in [-0.4, -0.2) is 28.2 Å². The predicted molar refractivity (Wildman–Crippen MR) is 76.3 cm³/mol. The maximum atomic E-state index is 12.1. The highest BCUT2D eigenvalue weighted by Crippen LogP contribution is 2.27. The van der Waals surface area contributed by atoms with Crippen molar-refractivity contribution in [2.75, 3.05) is 12.4 Å². The third kappa shape index (κ3) is 3.27. The van der Waals surface area contributed by atoms with E-state index in [-0.39, 0.29) is 5.82 Å². The van der Waals surface area contributed by atoms with Gasteiger partial charge in [-0.15, -0.1) is 5.10 Å². The van der Waals surface area contributed by atoms with E-state index in [1.165, 1.54) is 7.11 Å². The van der Waals surface area contributed by atoms with Crippen molar-refractivity contribution < 1.29 is 9.53 Å². The minimum atomic E-state index is -0.413. The summed E-state index contributed by atoms with van der Waals surface area (Å²) < 4.78 is 5.16. The third-order valence-electron chi connectivity index (χ3n) is 2.63. The van der Waals surface area contributed by atoms with E-state index < -0.39 is 5.91 Å². The number of halogens is 1. The van der Waals surface area contributed by atoms with Crippen LogP contribution in [0.5, 0.6) is 5.75 Å². The molecular formula is C13H15ClN4O2. The maximum Gasteiger partial charge on any atom is 0.295 e. The zero-order valence-electron chi connectivity index (χ0n) is 11.2. The number of aromatic nitrogens is 3. The van der Waals surface area contributed by atoms with Crippen LogP contribution in [0.15, 0.2) is 18.2 Å². The Hall–Kier alpha value is -2.08. The van der Waals surface area contributed by atoms with Crippen LogP contribution in [0.25, 0.3) is 0 Å². The summed E-state index contributed by atoms with van der Waals surface area (Å²) in [5.41, 5.74) is 0.479. The smallest absolute Gasteiger partial charge is 0.295 e. The number of anilines is 1. The van der Waals surface area contributed by atoms with Gasteiger partial charge in [0.1, 0.15) is 11.6 Å². The Labute approximate surface area is 121 Å². The fourth-order valence-corrected chi connectivity index (χ4v) is 1.87. The lowest BCUT2D eigenvalue weighted by atomic mass is 10.3. The molecule has 0 spiro atoms. The number of benzene rings is 1. The van der Waals surface area contributed by atoms with Crippen LogP contribution in [-0.2, 0) is 6.42 Å². The standard InChI is InChI=1S/C13H15ClN4O2/c1-3-4-11-16-12(18-17-11)13(19)15-9-7-8(14)5-6-10(9)20-2/h5-7H,3-4H2,1-2H3,(H,15,19)(H,16,17,18). The van der Waals surface area contributed by atoms with Crippen molar-refractivity contribution in [2.45, 2.75) is 19.8 Å². The normalized spacial score (nSPS) is 10.3. The summed E-state index contributed by atoms with van der Waals surface area (Å²) in [7, 11) is 1.52. The second-order valence-corrected chi connectivity index (χ2v) is 4.59. The molecule has 0 saturated carbocycles. The molecule has 1 aromatic heterocycles. The van der Waals surface area contributed by atoms with Crippen molar-refractivity contribution in [3.8, 4) is 5.75 Å². The minimum Gasteiger partial charge on any atom is -0.495 e. The molecule has 0 aliphatic carbocycles. The lowest BCUT2D eigenvalue weighted by Gasteiger charge is -2.08. The van der Waals surface area contributed by atoms with Crippen molar-refractivity contribution in [1.82, 2.24) is 15.2 Å². The van der Waals surface area contributed by atoms with Crippen molar-refractivity contribution in [3.05, 3.63) is 34.9 Å². The van der Waals surface area contributed by atoms with Crippen LogP contribution in [0.4, 0.5) is 5.69 Å². The second kappa shape index (κ2) is 6.38. The highest BCUT2D eigenvalue weighted by atomic mass is 35.5. The summed E-state index contributed by atoms with van der Waals surface area (Å²) >= 11 is 5.90. The van der Waals surface area contributed by atoms with Gasteiger partial charge in [-0.25, -0.2) is 4.98 Å². The molecule has 2 N–H and O–H groups in total. The number of methoxy groups -OCH3 is 1. The van der Waals surface area contributed by atoms with Gasteiger partial charge in [-0.3, -0.25) is 9.89 Å². The highest BCUT2D eigenvalue weighted by molar-refractivity contribution is 6.31. The number of nitrogens with zero attached hydrogens (tertiary/aromatic N) is 2. The minimum absolute atomic E-state index is 0.0930. The van der Waals surface area contributed by atoms with Gasteiger partial charge in [0.2, 0.25) is 5.82 Å². The van der Waals surface area contributed by atoms with E-state index in [2.05, 4.69) is 20.5 Å². The van der Waals surface area contributed by atoms with Gasteiger partial charge >= 0.3 is 0 Å². The molecule has 1 heterocycles. The Morgan fingerprint density at radius 2 is 2.30 bits per heavy atom. The molecule has 1 amide bonds. The largest absolute Gasteiger partial charge is 0.495 e. The number of aromatic amines is 1. The highest BCUT2D eigenvalue weighted by Gasteiger charge is 2.14. The Morgan fingerprint density at radius 3 is 3.00 bits per heavy atom. The lowest BCUT2D eigenvalue weighted by molar-refractivity contribution is 0.101. The molecular weight excluding hydrogens is 280 g/mol. The lowest BCUT2D eigenvalue weighted by Crippen LogP contribution is -2.14. The van der Waals surface area contributed by atoms with Crippen LogP contribution < -0.4 is 10.1 Å². The molecule has 0 fully saturated rings. The summed E-state index contributed by atoms with van der Waals surface area (Å²) in [6, 6.07) is 4.97. The van der Waals surface area contributed by atoms with Gasteiger partial charge in [-0.2, -0.15) is 0 Å². The SMILES string of the molecule is CCCc1nc(C(=O)Nc2cc(Cl)ccc2OC)n[nH]1. The number of nitrogens with one attached hydrogen (secondary N) is 2. The zero-order valence-corrected chi connectivity index (χ0v) is 12.0. The zero-order chi connectivity index (χ0) is 14.5.